The van der Waals surface area contributed by atoms with Gasteiger partial charge < -0.3 is 15.5 Å². The van der Waals surface area contributed by atoms with E-state index < -0.39 is 5.97 Å². The minimum Gasteiger partial charge on any atom is -0.478 e. The van der Waals surface area contributed by atoms with Gasteiger partial charge in [0, 0.05) is 5.69 Å². The number of aliphatic hydroxyl groups excluding tert-OH is 1. The van der Waals surface area contributed by atoms with Crippen molar-refractivity contribution in [2.45, 2.75) is 44.6 Å². The highest BCUT2D eigenvalue weighted by Crippen LogP contribution is 2.31. The molecule has 1 saturated carbocycles. The fourth-order valence-electron chi connectivity index (χ4n) is 2.68. The third-order valence-corrected chi connectivity index (χ3v) is 3.71. The molecule has 1 aromatic rings. The first kappa shape index (κ1) is 13.8. The van der Waals surface area contributed by atoms with Gasteiger partial charge in [0.05, 0.1) is 17.7 Å². The van der Waals surface area contributed by atoms with Gasteiger partial charge in [-0.1, -0.05) is 19.3 Å². The standard InChI is InChI=1S/C14H20N2O3/c1-10-7-11(13(18)19)8-12(15-10)16-14(9-17)5-3-2-4-6-14/h7-8,17H,2-6,9H2,1H3,(H,15,16)(H,18,19). The van der Waals surface area contributed by atoms with Crippen molar-refractivity contribution in [2.24, 2.45) is 0 Å². The summed E-state index contributed by atoms with van der Waals surface area (Å²) >= 11 is 0. The van der Waals surface area contributed by atoms with Crippen molar-refractivity contribution in [1.29, 1.82) is 0 Å². The van der Waals surface area contributed by atoms with Crippen LogP contribution in [0.1, 0.15) is 48.2 Å². The number of aryl methyl sites for hydroxylation is 1. The quantitative estimate of drug-likeness (QED) is 0.776. The molecule has 3 N–H and O–H groups in total. The lowest BCUT2D eigenvalue weighted by atomic mass is 9.82. The van der Waals surface area contributed by atoms with E-state index in [-0.39, 0.29) is 17.7 Å². The summed E-state index contributed by atoms with van der Waals surface area (Å²) in [5, 5.41) is 22.0. The number of carbonyl (C=O) groups is 1. The topological polar surface area (TPSA) is 82.5 Å². The molecular formula is C14H20N2O3. The van der Waals surface area contributed by atoms with Gasteiger partial charge in [0.15, 0.2) is 0 Å². The normalized spacial score (nSPS) is 18.0. The molecule has 5 nitrogen and oxygen atoms in total. The first-order valence-corrected chi connectivity index (χ1v) is 6.66. The second-order valence-corrected chi connectivity index (χ2v) is 5.31. The summed E-state index contributed by atoms with van der Waals surface area (Å²) in [6.07, 6.45) is 5.12. The van der Waals surface area contributed by atoms with Crippen molar-refractivity contribution in [3.8, 4) is 0 Å². The lowest BCUT2D eigenvalue weighted by molar-refractivity contribution is 0.0696. The maximum absolute atomic E-state index is 11.0. The highest BCUT2D eigenvalue weighted by Gasteiger charge is 2.31. The van der Waals surface area contributed by atoms with E-state index in [1.165, 1.54) is 12.5 Å². The predicted octanol–water partition coefficient (Wildman–Crippen LogP) is 2.20. The van der Waals surface area contributed by atoms with Gasteiger partial charge in [0.2, 0.25) is 0 Å². The Hall–Kier alpha value is -1.62. The zero-order valence-electron chi connectivity index (χ0n) is 11.1. The summed E-state index contributed by atoms with van der Waals surface area (Å²) in [7, 11) is 0. The summed E-state index contributed by atoms with van der Waals surface area (Å²) < 4.78 is 0. The molecule has 0 radical (unpaired) electrons. The van der Waals surface area contributed by atoms with E-state index in [1.807, 2.05) is 0 Å². The number of nitrogens with zero attached hydrogens (tertiary/aromatic N) is 1. The second kappa shape index (κ2) is 5.57. The van der Waals surface area contributed by atoms with Crippen molar-refractivity contribution in [3.63, 3.8) is 0 Å². The van der Waals surface area contributed by atoms with E-state index in [9.17, 15) is 9.90 Å². The Kier molecular flexibility index (Phi) is 4.04. The van der Waals surface area contributed by atoms with Crippen LogP contribution in [0, 0.1) is 6.92 Å². The summed E-state index contributed by atoms with van der Waals surface area (Å²) in [6.45, 7) is 1.81. The van der Waals surface area contributed by atoms with E-state index in [2.05, 4.69) is 10.3 Å². The largest absolute Gasteiger partial charge is 0.478 e. The van der Waals surface area contributed by atoms with Crippen LogP contribution < -0.4 is 5.32 Å². The number of pyridine rings is 1. The van der Waals surface area contributed by atoms with Crippen molar-refractivity contribution >= 4 is 11.8 Å². The molecule has 19 heavy (non-hydrogen) atoms. The van der Waals surface area contributed by atoms with Crippen molar-refractivity contribution in [3.05, 3.63) is 23.4 Å². The van der Waals surface area contributed by atoms with Crippen LogP contribution in [0.2, 0.25) is 0 Å². The molecule has 2 rings (SSSR count). The van der Waals surface area contributed by atoms with Gasteiger partial charge in [-0.15, -0.1) is 0 Å². The lowest BCUT2D eigenvalue weighted by Gasteiger charge is -2.37. The maximum atomic E-state index is 11.0. The Morgan fingerprint density at radius 3 is 2.63 bits per heavy atom. The molecule has 0 bridgehead atoms. The van der Waals surface area contributed by atoms with Crippen molar-refractivity contribution in [2.75, 3.05) is 11.9 Å². The van der Waals surface area contributed by atoms with E-state index in [0.717, 1.165) is 25.7 Å². The first-order chi connectivity index (χ1) is 9.04. The third kappa shape index (κ3) is 3.23. The number of carboxylic acid groups (broad SMARTS) is 1. The molecule has 1 heterocycles. The van der Waals surface area contributed by atoms with E-state index in [4.69, 9.17) is 5.11 Å². The van der Waals surface area contributed by atoms with Gasteiger partial charge in [-0.05, 0) is 31.9 Å². The molecule has 1 fully saturated rings. The zero-order valence-corrected chi connectivity index (χ0v) is 11.1. The van der Waals surface area contributed by atoms with Crippen LogP contribution in [0.3, 0.4) is 0 Å². The highest BCUT2D eigenvalue weighted by molar-refractivity contribution is 5.88. The lowest BCUT2D eigenvalue weighted by Crippen LogP contribution is -2.44. The van der Waals surface area contributed by atoms with Crippen LogP contribution >= 0.6 is 0 Å². The number of hydrogen-bond acceptors (Lipinski definition) is 4. The fourth-order valence-corrected chi connectivity index (χ4v) is 2.68. The molecule has 1 aromatic heterocycles. The number of rotatable bonds is 4. The van der Waals surface area contributed by atoms with E-state index >= 15 is 0 Å². The second-order valence-electron chi connectivity index (χ2n) is 5.31. The molecular weight excluding hydrogens is 244 g/mol. The van der Waals surface area contributed by atoms with Crippen LogP contribution in [0.15, 0.2) is 12.1 Å². The zero-order chi connectivity index (χ0) is 13.9. The number of aliphatic hydroxyl groups is 1. The average molecular weight is 264 g/mol. The summed E-state index contributed by atoms with van der Waals surface area (Å²) in [4.78, 5) is 15.4. The molecule has 5 heteroatoms. The molecule has 0 aliphatic heterocycles. The number of aromatic carboxylic acids is 1. The fraction of sp³-hybridized carbons (Fsp3) is 0.571. The van der Waals surface area contributed by atoms with E-state index in [0.29, 0.717) is 11.5 Å². The van der Waals surface area contributed by atoms with Crippen molar-refractivity contribution in [1.82, 2.24) is 4.98 Å². The average Bonchev–Trinajstić information content (AvgIpc) is 2.39. The number of nitrogens with one attached hydrogen (secondary N) is 1. The van der Waals surface area contributed by atoms with Gasteiger partial charge >= 0.3 is 5.97 Å². The molecule has 104 valence electrons. The minimum atomic E-state index is -0.963. The number of anilines is 1. The Morgan fingerprint density at radius 2 is 2.05 bits per heavy atom. The number of aromatic nitrogens is 1. The van der Waals surface area contributed by atoms with Crippen LogP contribution in [-0.2, 0) is 0 Å². The molecule has 0 amide bonds. The van der Waals surface area contributed by atoms with Gasteiger partial charge in [-0.3, -0.25) is 0 Å². The molecule has 0 atom stereocenters. The Labute approximate surface area is 112 Å². The smallest absolute Gasteiger partial charge is 0.335 e. The highest BCUT2D eigenvalue weighted by atomic mass is 16.4. The Balaban J connectivity index is 2.23. The molecule has 0 spiro atoms. The molecule has 0 unspecified atom stereocenters. The van der Waals surface area contributed by atoms with Gasteiger partial charge in [-0.25, -0.2) is 9.78 Å². The van der Waals surface area contributed by atoms with E-state index in [1.54, 1.807) is 13.0 Å². The van der Waals surface area contributed by atoms with Crippen LogP contribution in [0.5, 0.6) is 0 Å². The van der Waals surface area contributed by atoms with Crippen molar-refractivity contribution < 1.29 is 15.0 Å². The summed E-state index contributed by atoms with van der Waals surface area (Å²) in [6, 6.07) is 3.07. The number of carboxylic acids is 1. The number of hydrogen-bond donors (Lipinski definition) is 3. The molecule has 0 aromatic carbocycles. The van der Waals surface area contributed by atoms with Crippen LogP contribution in [0.4, 0.5) is 5.82 Å². The first-order valence-electron chi connectivity index (χ1n) is 6.66. The summed E-state index contributed by atoms with van der Waals surface area (Å²) in [5.74, 6) is -0.427. The Morgan fingerprint density at radius 1 is 1.37 bits per heavy atom. The minimum absolute atomic E-state index is 0.0467. The van der Waals surface area contributed by atoms with Gasteiger partial charge in [0.1, 0.15) is 5.82 Å². The monoisotopic (exact) mass is 264 g/mol. The molecule has 1 aliphatic rings. The Bertz CT molecular complexity index is 468. The third-order valence-electron chi connectivity index (χ3n) is 3.71. The predicted molar refractivity (Wildman–Crippen MR) is 72.5 cm³/mol. The van der Waals surface area contributed by atoms with Gasteiger partial charge in [-0.2, -0.15) is 0 Å². The van der Waals surface area contributed by atoms with Gasteiger partial charge in [0.25, 0.3) is 0 Å². The van der Waals surface area contributed by atoms with Crippen LogP contribution in [-0.4, -0.2) is 33.3 Å². The molecule has 1 aliphatic carbocycles. The summed E-state index contributed by atoms with van der Waals surface area (Å²) in [5.41, 5.74) is 0.527. The SMILES string of the molecule is Cc1cc(C(=O)O)cc(NC2(CO)CCCCC2)n1. The molecule has 0 saturated heterocycles. The van der Waals surface area contributed by atoms with Crippen LogP contribution in [0.25, 0.3) is 0 Å². The maximum Gasteiger partial charge on any atom is 0.335 e.